The van der Waals surface area contributed by atoms with E-state index in [-0.39, 0.29) is 4.21 Å². The second-order valence-electron chi connectivity index (χ2n) is 4.61. The third-order valence-corrected chi connectivity index (χ3v) is 6.13. The van der Waals surface area contributed by atoms with Gasteiger partial charge in [0.25, 0.3) is 10.0 Å². The van der Waals surface area contributed by atoms with Gasteiger partial charge in [-0.05, 0) is 30.2 Å². The fourth-order valence-corrected chi connectivity index (χ4v) is 4.43. The maximum Gasteiger partial charge on any atom is 0.271 e. The van der Waals surface area contributed by atoms with Crippen molar-refractivity contribution in [2.24, 2.45) is 0 Å². The van der Waals surface area contributed by atoms with Gasteiger partial charge < -0.3 is 4.52 Å². The van der Waals surface area contributed by atoms with Crippen LogP contribution in [-0.2, 0) is 16.4 Å². The Morgan fingerprint density at radius 3 is 2.73 bits per heavy atom. The average Bonchev–Trinajstić information content (AvgIpc) is 3.18. The molecule has 114 valence electrons. The van der Waals surface area contributed by atoms with E-state index in [0.29, 0.717) is 11.4 Å². The Morgan fingerprint density at radius 1 is 1.18 bits per heavy atom. The van der Waals surface area contributed by atoms with E-state index in [4.69, 9.17) is 4.52 Å². The van der Waals surface area contributed by atoms with E-state index in [0.717, 1.165) is 28.2 Å². The Bertz CT molecular complexity index is 868. The Morgan fingerprint density at radius 2 is 2.00 bits per heavy atom. The molecular weight excluding hydrogens is 320 g/mol. The fraction of sp³-hybridized carbons (Fsp3) is 0.133. The number of nitrogens with zero attached hydrogens (tertiary/aromatic N) is 1. The number of nitrogens with one attached hydrogen (secondary N) is 1. The van der Waals surface area contributed by atoms with Crippen LogP contribution in [-0.4, -0.2) is 13.6 Å². The number of hydrogen-bond acceptors (Lipinski definition) is 5. The van der Waals surface area contributed by atoms with Crippen LogP contribution in [0.25, 0.3) is 10.6 Å². The van der Waals surface area contributed by atoms with Gasteiger partial charge in [0.1, 0.15) is 4.21 Å². The van der Waals surface area contributed by atoms with E-state index < -0.39 is 10.0 Å². The smallest absolute Gasteiger partial charge is 0.271 e. The monoisotopic (exact) mass is 334 g/mol. The molecule has 0 atom stereocenters. The maximum atomic E-state index is 12.5. The van der Waals surface area contributed by atoms with Crippen LogP contribution in [0.1, 0.15) is 12.5 Å². The number of thiophene rings is 1. The van der Waals surface area contributed by atoms with Gasteiger partial charge in [0.2, 0.25) is 0 Å². The highest BCUT2D eigenvalue weighted by Gasteiger charge is 2.19. The molecule has 2 heterocycles. The molecule has 0 amide bonds. The van der Waals surface area contributed by atoms with Crippen molar-refractivity contribution in [1.82, 2.24) is 5.16 Å². The van der Waals surface area contributed by atoms with E-state index in [2.05, 4.69) is 9.88 Å². The van der Waals surface area contributed by atoms with Gasteiger partial charge in [-0.1, -0.05) is 30.3 Å². The summed E-state index contributed by atoms with van der Waals surface area (Å²) in [7, 11) is -3.61. The first-order valence-corrected chi connectivity index (χ1v) is 9.02. The minimum atomic E-state index is -3.61. The van der Waals surface area contributed by atoms with Gasteiger partial charge in [0.05, 0.1) is 16.8 Å². The zero-order valence-corrected chi connectivity index (χ0v) is 13.4. The third kappa shape index (κ3) is 2.90. The van der Waals surface area contributed by atoms with Crippen LogP contribution in [0, 0.1) is 0 Å². The number of aromatic nitrogens is 1. The molecule has 0 saturated heterocycles. The Balaban J connectivity index is 1.90. The van der Waals surface area contributed by atoms with Crippen LogP contribution >= 0.6 is 11.3 Å². The lowest BCUT2D eigenvalue weighted by Crippen LogP contribution is -2.12. The summed E-state index contributed by atoms with van der Waals surface area (Å²) in [6.07, 6.45) is 2.28. The predicted octanol–water partition coefficient (Wildman–Crippen LogP) is 3.77. The Hall–Kier alpha value is -2.12. The Labute approximate surface area is 132 Å². The van der Waals surface area contributed by atoms with Crippen molar-refractivity contribution >= 4 is 27.0 Å². The Kier molecular flexibility index (Phi) is 4.00. The summed E-state index contributed by atoms with van der Waals surface area (Å²) in [6.45, 7) is 1.99. The lowest BCUT2D eigenvalue weighted by atomic mass is 10.1. The van der Waals surface area contributed by atoms with E-state index in [1.54, 1.807) is 24.3 Å². The van der Waals surface area contributed by atoms with Gasteiger partial charge in [-0.15, -0.1) is 11.3 Å². The molecule has 0 bridgehead atoms. The van der Waals surface area contributed by atoms with E-state index in [1.807, 2.05) is 25.1 Å². The minimum Gasteiger partial charge on any atom is -0.355 e. The van der Waals surface area contributed by atoms with Crippen molar-refractivity contribution in [3.63, 3.8) is 0 Å². The lowest BCUT2D eigenvalue weighted by Gasteiger charge is -2.10. The number of aryl methyl sites for hydroxylation is 1. The largest absolute Gasteiger partial charge is 0.355 e. The van der Waals surface area contributed by atoms with Crippen LogP contribution in [0.4, 0.5) is 5.69 Å². The van der Waals surface area contributed by atoms with Crippen LogP contribution in [0.3, 0.4) is 0 Å². The fourth-order valence-electron chi connectivity index (χ4n) is 2.06. The molecule has 5 nitrogen and oxygen atoms in total. The van der Waals surface area contributed by atoms with Crippen molar-refractivity contribution < 1.29 is 12.9 Å². The molecule has 1 aromatic carbocycles. The molecule has 22 heavy (non-hydrogen) atoms. The summed E-state index contributed by atoms with van der Waals surface area (Å²) < 4.78 is 32.9. The van der Waals surface area contributed by atoms with Gasteiger partial charge >= 0.3 is 0 Å². The zero-order chi connectivity index (χ0) is 15.6. The van der Waals surface area contributed by atoms with E-state index in [9.17, 15) is 8.42 Å². The van der Waals surface area contributed by atoms with Crippen LogP contribution in [0.15, 0.2) is 57.4 Å². The standard InChI is InChI=1S/C15H14N2O3S2/c1-2-11-5-3-4-6-12(11)17-22(18,19)15-8-7-14(21-15)13-9-10-16-20-13/h3-10,17H,2H2,1H3. The molecule has 0 aliphatic carbocycles. The molecule has 0 aliphatic heterocycles. The topological polar surface area (TPSA) is 72.2 Å². The normalized spacial score (nSPS) is 11.5. The number of rotatable bonds is 5. The average molecular weight is 334 g/mol. The molecule has 0 saturated carbocycles. The molecule has 3 rings (SSSR count). The zero-order valence-electron chi connectivity index (χ0n) is 11.8. The van der Waals surface area contributed by atoms with E-state index in [1.165, 1.54) is 6.20 Å². The van der Waals surface area contributed by atoms with Crippen molar-refractivity contribution in [3.8, 4) is 10.6 Å². The molecule has 0 fully saturated rings. The first kappa shape index (κ1) is 14.8. The molecular formula is C15H14N2O3S2. The summed E-state index contributed by atoms with van der Waals surface area (Å²) in [5.74, 6) is 0.556. The lowest BCUT2D eigenvalue weighted by molar-refractivity contribution is 0.433. The van der Waals surface area contributed by atoms with Crippen LogP contribution < -0.4 is 4.72 Å². The van der Waals surface area contributed by atoms with E-state index >= 15 is 0 Å². The molecule has 1 N–H and O–H groups in total. The maximum absolute atomic E-state index is 12.5. The highest BCUT2D eigenvalue weighted by molar-refractivity contribution is 7.94. The summed E-state index contributed by atoms with van der Waals surface area (Å²) in [6, 6.07) is 12.4. The number of para-hydroxylation sites is 1. The minimum absolute atomic E-state index is 0.241. The number of benzene rings is 1. The summed E-state index contributed by atoms with van der Waals surface area (Å²) >= 11 is 1.15. The predicted molar refractivity (Wildman–Crippen MR) is 86.4 cm³/mol. The highest BCUT2D eigenvalue weighted by Crippen LogP contribution is 2.31. The van der Waals surface area contributed by atoms with Crippen LogP contribution in [0.2, 0.25) is 0 Å². The molecule has 0 spiro atoms. The first-order valence-electron chi connectivity index (χ1n) is 6.72. The van der Waals surface area contributed by atoms with Gasteiger partial charge in [-0.25, -0.2) is 8.42 Å². The second kappa shape index (κ2) is 5.94. The third-order valence-electron chi connectivity index (χ3n) is 3.17. The summed E-state index contributed by atoms with van der Waals surface area (Å²) in [5, 5.41) is 3.63. The summed E-state index contributed by atoms with van der Waals surface area (Å²) in [5.41, 5.74) is 1.57. The number of sulfonamides is 1. The SMILES string of the molecule is CCc1ccccc1NS(=O)(=O)c1ccc(-c2ccno2)s1. The molecule has 0 aliphatic rings. The molecule has 0 unspecified atom stereocenters. The highest BCUT2D eigenvalue weighted by atomic mass is 32.2. The first-order chi connectivity index (χ1) is 10.6. The van der Waals surface area contributed by atoms with Gasteiger partial charge in [0, 0.05) is 6.07 Å². The van der Waals surface area contributed by atoms with Gasteiger partial charge in [-0.2, -0.15) is 0 Å². The van der Waals surface area contributed by atoms with Crippen molar-refractivity contribution in [1.29, 1.82) is 0 Å². The molecule has 2 aromatic heterocycles. The summed E-state index contributed by atoms with van der Waals surface area (Å²) in [4.78, 5) is 0.724. The van der Waals surface area contributed by atoms with Gasteiger partial charge in [-0.3, -0.25) is 4.72 Å². The van der Waals surface area contributed by atoms with Gasteiger partial charge in [0.15, 0.2) is 5.76 Å². The van der Waals surface area contributed by atoms with Crippen molar-refractivity contribution in [2.75, 3.05) is 4.72 Å². The number of hydrogen-bond donors (Lipinski definition) is 1. The molecule has 3 aromatic rings. The van der Waals surface area contributed by atoms with Crippen molar-refractivity contribution in [2.45, 2.75) is 17.6 Å². The van der Waals surface area contributed by atoms with Crippen molar-refractivity contribution in [3.05, 3.63) is 54.2 Å². The molecule has 7 heteroatoms. The molecule has 0 radical (unpaired) electrons. The van der Waals surface area contributed by atoms with Crippen LogP contribution in [0.5, 0.6) is 0 Å². The quantitative estimate of drug-likeness (QED) is 0.771. The second-order valence-corrected chi connectivity index (χ2v) is 7.60. The number of anilines is 1.